The van der Waals surface area contributed by atoms with Crippen LogP contribution in [0.1, 0.15) is 64.7 Å². The molecule has 1 unspecified atom stereocenters. The Morgan fingerprint density at radius 2 is 2.05 bits per heavy atom. The van der Waals surface area contributed by atoms with Gasteiger partial charge in [-0.3, -0.25) is 9.59 Å². The predicted octanol–water partition coefficient (Wildman–Crippen LogP) is 3.56. The zero-order chi connectivity index (χ0) is 18.5. The minimum atomic E-state index is -2.20. The first-order chi connectivity index (χ1) is 10.2. The number of ether oxygens (including phenoxy) is 1. The molecule has 0 saturated carbocycles. The van der Waals surface area contributed by atoms with E-state index in [-0.39, 0.29) is 25.7 Å². The molecule has 0 aromatic carbocycles. The van der Waals surface area contributed by atoms with Gasteiger partial charge < -0.3 is 9.84 Å². The van der Waals surface area contributed by atoms with Crippen LogP contribution in [0.3, 0.4) is 0 Å². The van der Waals surface area contributed by atoms with E-state index in [4.69, 9.17) is 15.3 Å². The highest BCUT2D eigenvalue weighted by Crippen LogP contribution is 2.18. The minimum Gasteiger partial charge on any atom is -0.481 e. The van der Waals surface area contributed by atoms with Gasteiger partial charge in [0.25, 0.3) is 0 Å². The number of hydrogen-bond acceptors (Lipinski definition) is 3. The standard InChI is InChI=1S/C15H26O4/c1-5-6-7-8-9-10-12(14(17)18)11-13(16)19-15(2,3)4/h5,12H,1,6-11H2,2-4H3,(H,17,18)/i6D2,7D2. The highest BCUT2D eigenvalue weighted by atomic mass is 16.6. The van der Waals surface area contributed by atoms with Gasteiger partial charge in [-0.05, 0) is 39.9 Å². The van der Waals surface area contributed by atoms with Crippen molar-refractivity contribution in [2.45, 2.75) is 64.8 Å². The van der Waals surface area contributed by atoms with Crippen LogP contribution in [0.5, 0.6) is 0 Å². The average molecular weight is 274 g/mol. The van der Waals surface area contributed by atoms with Crippen molar-refractivity contribution in [2.75, 3.05) is 0 Å². The molecule has 0 fully saturated rings. The smallest absolute Gasteiger partial charge is 0.307 e. The van der Waals surface area contributed by atoms with Crippen molar-refractivity contribution in [2.24, 2.45) is 5.92 Å². The highest BCUT2D eigenvalue weighted by Gasteiger charge is 2.24. The molecule has 1 atom stereocenters. The van der Waals surface area contributed by atoms with E-state index in [0.29, 0.717) is 0 Å². The van der Waals surface area contributed by atoms with Crippen LogP contribution in [0.4, 0.5) is 0 Å². The zero-order valence-electron chi connectivity index (χ0n) is 15.9. The second kappa shape index (κ2) is 8.73. The molecule has 0 heterocycles. The summed E-state index contributed by atoms with van der Waals surface area (Å²) in [6.45, 7) is 8.33. The van der Waals surface area contributed by atoms with Gasteiger partial charge >= 0.3 is 11.9 Å². The second-order valence-corrected chi connectivity index (χ2v) is 5.24. The van der Waals surface area contributed by atoms with Gasteiger partial charge in [0.15, 0.2) is 0 Å². The van der Waals surface area contributed by atoms with Crippen LogP contribution in [0.25, 0.3) is 0 Å². The van der Waals surface area contributed by atoms with Crippen molar-refractivity contribution in [1.82, 2.24) is 0 Å². The Bertz CT molecular complexity index is 441. The van der Waals surface area contributed by atoms with E-state index < -0.39 is 36.2 Å². The van der Waals surface area contributed by atoms with Crippen molar-refractivity contribution in [1.29, 1.82) is 0 Å². The monoisotopic (exact) mass is 274 g/mol. The molecular formula is C15H26O4. The van der Waals surface area contributed by atoms with Crippen LogP contribution in [0, 0.1) is 5.92 Å². The van der Waals surface area contributed by atoms with E-state index in [9.17, 15) is 9.59 Å². The Hall–Kier alpha value is -1.32. The Morgan fingerprint density at radius 3 is 2.53 bits per heavy atom. The summed E-state index contributed by atoms with van der Waals surface area (Å²) in [6, 6.07) is 0. The Labute approximate surface area is 121 Å². The van der Waals surface area contributed by atoms with E-state index in [1.165, 1.54) is 0 Å². The summed E-state index contributed by atoms with van der Waals surface area (Å²) in [5.74, 6) is -2.74. The van der Waals surface area contributed by atoms with E-state index in [2.05, 4.69) is 6.58 Å². The lowest BCUT2D eigenvalue weighted by atomic mass is 9.97. The molecule has 1 N–H and O–H groups in total. The number of esters is 1. The van der Waals surface area contributed by atoms with Crippen molar-refractivity contribution < 1.29 is 24.9 Å². The van der Waals surface area contributed by atoms with Crippen LogP contribution in [-0.2, 0) is 14.3 Å². The van der Waals surface area contributed by atoms with Crippen LogP contribution in [0.15, 0.2) is 12.7 Å². The fraction of sp³-hybridized carbons (Fsp3) is 0.733. The molecule has 0 rings (SSSR count). The van der Waals surface area contributed by atoms with Crippen LogP contribution in [0.2, 0.25) is 0 Å². The quantitative estimate of drug-likeness (QED) is 0.516. The SMILES string of the molecule is [2H]C([2H])(C=C)C([2H])([2H])CCCC(CC(=O)OC(C)(C)C)C(=O)O. The molecule has 0 radical (unpaired) electrons. The van der Waals surface area contributed by atoms with E-state index in [1.807, 2.05) is 0 Å². The molecule has 4 nitrogen and oxygen atoms in total. The zero-order valence-corrected chi connectivity index (χ0v) is 11.9. The van der Waals surface area contributed by atoms with Crippen molar-refractivity contribution in [3.63, 3.8) is 0 Å². The molecule has 0 saturated heterocycles. The summed E-state index contributed by atoms with van der Waals surface area (Å²) in [7, 11) is 0. The van der Waals surface area contributed by atoms with Gasteiger partial charge in [-0.15, -0.1) is 6.58 Å². The number of carboxylic acids is 1. The lowest BCUT2D eigenvalue weighted by Crippen LogP contribution is -2.27. The normalized spacial score (nSPS) is 17.4. The highest BCUT2D eigenvalue weighted by molar-refractivity contribution is 5.78. The first-order valence-electron chi connectivity index (χ1n) is 8.30. The number of carbonyl (C=O) groups excluding carboxylic acids is 1. The number of rotatable bonds is 9. The second-order valence-electron chi connectivity index (χ2n) is 5.24. The van der Waals surface area contributed by atoms with Crippen LogP contribution in [-0.4, -0.2) is 22.6 Å². The molecule has 0 spiro atoms. The van der Waals surface area contributed by atoms with Crippen LogP contribution < -0.4 is 0 Å². The fourth-order valence-electron chi connectivity index (χ4n) is 1.48. The Morgan fingerprint density at radius 1 is 1.42 bits per heavy atom. The van der Waals surface area contributed by atoms with Crippen molar-refractivity contribution in [3.05, 3.63) is 12.7 Å². The molecule has 0 aromatic rings. The molecular weight excluding hydrogens is 244 g/mol. The summed E-state index contributed by atoms with van der Waals surface area (Å²) < 4.78 is 35.6. The third kappa shape index (κ3) is 10.3. The third-order valence-electron chi connectivity index (χ3n) is 2.24. The van der Waals surface area contributed by atoms with Gasteiger partial charge in [0, 0.05) is 5.48 Å². The molecule has 0 aliphatic rings. The summed E-state index contributed by atoms with van der Waals surface area (Å²) in [6.07, 6.45) is -3.68. The van der Waals surface area contributed by atoms with Gasteiger partial charge in [-0.1, -0.05) is 18.9 Å². The largest absolute Gasteiger partial charge is 0.481 e. The summed E-state index contributed by atoms with van der Waals surface area (Å²) >= 11 is 0. The van der Waals surface area contributed by atoms with E-state index in [0.717, 1.165) is 6.08 Å². The average Bonchev–Trinajstić information content (AvgIpc) is 2.34. The molecule has 0 aromatic heterocycles. The fourth-order valence-corrected chi connectivity index (χ4v) is 1.48. The van der Waals surface area contributed by atoms with E-state index >= 15 is 0 Å². The molecule has 110 valence electrons. The number of aliphatic carboxylic acids is 1. The van der Waals surface area contributed by atoms with Gasteiger partial charge in [0.1, 0.15) is 5.60 Å². The summed E-state index contributed by atoms with van der Waals surface area (Å²) in [5.41, 5.74) is -0.697. The van der Waals surface area contributed by atoms with Crippen molar-refractivity contribution >= 4 is 11.9 Å². The maximum Gasteiger partial charge on any atom is 0.307 e. The molecule has 0 amide bonds. The molecule has 0 aliphatic carbocycles. The van der Waals surface area contributed by atoms with Gasteiger partial charge in [0.05, 0.1) is 12.3 Å². The lowest BCUT2D eigenvalue weighted by Gasteiger charge is -2.21. The Kier molecular flexibility index (Phi) is 5.28. The maximum atomic E-state index is 11.7. The van der Waals surface area contributed by atoms with Crippen molar-refractivity contribution in [3.8, 4) is 0 Å². The maximum absolute atomic E-state index is 11.7. The number of allylic oxidation sites excluding steroid dienone is 1. The number of carbonyl (C=O) groups is 2. The Balaban J connectivity index is 4.60. The van der Waals surface area contributed by atoms with Gasteiger partial charge in [0.2, 0.25) is 0 Å². The van der Waals surface area contributed by atoms with Gasteiger partial charge in [-0.25, -0.2) is 0 Å². The molecule has 0 aliphatic heterocycles. The number of hydrogen-bond donors (Lipinski definition) is 1. The van der Waals surface area contributed by atoms with Crippen LogP contribution >= 0.6 is 0 Å². The predicted molar refractivity (Wildman–Crippen MR) is 74.9 cm³/mol. The topological polar surface area (TPSA) is 63.6 Å². The summed E-state index contributed by atoms with van der Waals surface area (Å²) in [5, 5.41) is 9.16. The molecule has 19 heavy (non-hydrogen) atoms. The minimum absolute atomic E-state index is 0.0707. The number of carboxylic acid groups (broad SMARTS) is 1. The summed E-state index contributed by atoms with van der Waals surface area (Å²) in [4.78, 5) is 22.9. The van der Waals surface area contributed by atoms with E-state index in [1.54, 1.807) is 20.8 Å². The first kappa shape index (κ1) is 11.5. The first-order valence-corrected chi connectivity index (χ1v) is 6.30. The molecule has 4 heteroatoms. The van der Waals surface area contributed by atoms with Gasteiger partial charge in [-0.2, -0.15) is 0 Å². The third-order valence-corrected chi connectivity index (χ3v) is 2.24. The lowest BCUT2D eigenvalue weighted by molar-refractivity contribution is -0.160. The molecule has 0 bridgehead atoms.